The minimum atomic E-state index is -1.06. The van der Waals surface area contributed by atoms with Gasteiger partial charge in [0.1, 0.15) is 11.5 Å². The molecule has 1 N–H and O–H groups in total. The number of hydrogen-bond acceptors (Lipinski definition) is 4. The molecule has 0 aliphatic carbocycles. The van der Waals surface area contributed by atoms with E-state index in [2.05, 4.69) is 5.10 Å². The lowest BCUT2D eigenvalue weighted by Crippen LogP contribution is -1.99. The third-order valence-electron chi connectivity index (χ3n) is 3.77. The van der Waals surface area contributed by atoms with E-state index in [1.54, 1.807) is 21.3 Å². The summed E-state index contributed by atoms with van der Waals surface area (Å²) in [5.41, 5.74) is 1.44. The topological polar surface area (TPSA) is 73.6 Å². The second kappa shape index (κ2) is 5.64. The monoisotopic (exact) mass is 312 g/mol. The number of carboxylic acids is 1. The van der Waals surface area contributed by atoms with Crippen LogP contribution in [0.4, 0.5) is 0 Å². The lowest BCUT2D eigenvalue weighted by Gasteiger charge is -2.13. The SMILES string of the molecule is COc1cccc2c(OC)c(-c3cc(C(=O)O)nn3C)ccc12. The predicted molar refractivity (Wildman–Crippen MR) is 86.2 cm³/mol. The molecule has 0 saturated carbocycles. The van der Waals surface area contributed by atoms with Gasteiger partial charge in [-0.1, -0.05) is 12.1 Å². The highest BCUT2D eigenvalue weighted by molar-refractivity contribution is 5.98. The van der Waals surface area contributed by atoms with E-state index in [-0.39, 0.29) is 5.69 Å². The van der Waals surface area contributed by atoms with Crippen molar-refractivity contribution < 1.29 is 19.4 Å². The molecule has 0 aliphatic heterocycles. The van der Waals surface area contributed by atoms with E-state index < -0.39 is 5.97 Å². The van der Waals surface area contributed by atoms with Gasteiger partial charge in [-0.15, -0.1) is 0 Å². The molecule has 0 radical (unpaired) electrons. The number of carbonyl (C=O) groups is 1. The van der Waals surface area contributed by atoms with Gasteiger partial charge in [0, 0.05) is 23.4 Å². The van der Waals surface area contributed by atoms with Crippen molar-refractivity contribution in [1.82, 2.24) is 9.78 Å². The first-order valence-corrected chi connectivity index (χ1v) is 6.98. The van der Waals surface area contributed by atoms with Crippen molar-refractivity contribution in [2.24, 2.45) is 7.05 Å². The normalized spacial score (nSPS) is 10.7. The van der Waals surface area contributed by atoms with Gasteiger partial charge in [-0.3, -0.25) is 4.68 Å². The van der Waals surface area contributed by atoms with E-state index in [9.17, 15) is 4.79 Å². The van der Waals surface area contributed by atoms with Crippen LogP contribution in [0.25, 0.3) is 22.0 Å². The average Bonchev–Trinajstić information content (AvgIpc) is 2.95. The van der Waals surface area contributed by atoms with Crippen molar-refractivity contribution >= 4 is 16.7 Å². The molecule has 6 heteroatoms. The zero-order valence-electron chi connectivity index (χ0n) is 13.0. The molecule has 0 saturated heterocycles. The highest BCUT2D eigenvalue weighted by atomic mass is 16.5. The number of fused-ring (bicyclic) bond motifs is 1. The van der Waals surface area contributed by atoms with Gasteiger partial charge in [-0.2, -0.15) is 5.10 Å². The second-order valence-electron chi connectivity index (χ2n) is 5.05. The molecule has 2 aromatic carbocycles. The Morgan fingerprint density at radius 1 is 1.13 bits per heavy atom. The summed E-state index contributed by atoms with van der Waals surface area (Å²) in [6.45, 7) is 0. The zero-order valence-corrected chi connectivity index (χ0v) is 13.0. The molecule has 0 bridgehead atoms. The number of carboxylic acid groups (broad SMARTS) is 1. The number of aromatic carboxylic acids is 1. The van der Waals surface area contributed by atoms with Crippen LogP contribution in [-0.2, 0) is 7.05 Å². The molecule has 0 amide bonds. The molecule has 0 fully saturated rings. The number of methoxy groups -OCH3 is 2. The highest BCUT2D eigenvalue weighted by Crippen LogP contribution is 2.39. The maximum atomic E-state index is 11.1. The van der Waals surface area contributed by atoms with E-state index in [1.807, 2.05) is 30.3 Å². The molecule has 3 aromatic rings. The molecule has 1 aromatic heterocycles. The summed E-state index contributed by atoms with van der Waals surface area (Å²) >= 11 is 0. The molecule has 23 heavy (non-hydrogen) atoms. The second-order valence-corrected chi connectivity index (χ2v) is 5.05. The number of nitrogens with zero attached hydrogens (tertiary/aromatic N) is 2. The smallest absolute Gasteiger partial charge is 0.356 e. The molecule has 0 spiro atoms. The molecule has 0 atom stereocenters. The number of benzene rings is 2. The van der Waals surface area contributed by atoms with Crippen molar-refractivity contribution in [2.75, 3.05) is 14.2 Å². The van der Waals surface area contributed by atoms with Crippen LogP contribution in [0.15, 0.2) is 36.4 Å². The molecule has 118 valence electrons. The van der Waals surface area contributed by atoms with Crippen LogP contribution in [0.2, 0.25) is 0 Å². The molecule has 0 aliphatic rings. The Balaban J connectivity index is 2.28. The Kier molecular flexibility index (Phi) is 3.65. The van der Waals surface area contributed by atoms with Crippen LogP contribution in [-0.4, -0.2) is 35.1 Å². The molecule has 0 unspecified atom stereocenters. The Morgan fingerprint density at radius 2 is 1.91 bits per heavy atom. The fraction of sp³-hybridized carbons (Fsp3) is 0.176. The van der Waals surface area contributed by atoms with Gasteiger partial charge in [-0.05, 0) is 24.3 Å². The van der Waals surface area contributed by atoms with Crippen LogP contribution in [0.3, 0.4) is 0 Å². The fourth-order valence-corrected chi connectivity index (χ4v) is 2.72. The number of ether oxygens (including phenoxy) is 2. The highest BCUT2D eigenvalue weighted by Gasteiger charge is 2.18. The molecule has 3 rings (SSSR count). The number of rotatable bonds is 4. The number of hydrogen-bond donors (Lipinski definition) is 1. The van der Waals surface area contributed by atoms with Crippen LogP contribution in [0.5, 0.6) is 11.5 Å². The van der Waals surface area contributed by atoms with Gasteiger partial charge < -0.3 is 14.6 Å². The molecule has 1 heterocycles. The van der Waals surface area contributed by atoms with Crippen LogP contribution in [0.1, 0.15) is 10.5 Å². The van der Waals surface area contributed by atoms with Crippen molar-refractivity contribution in [3.63, 3.8) is 0 Å². The van der Waals surface area contributed by atoms with Gasteiger partial charge in [0.15, 0.2) is 5.69 Å². The maximum absolute atomic E-state index is 11.1. The Bertz CT molecular complexity index is 899. The standard InChI is InChI=1S/C17H16N2O4/c1-19-14(9-13(18-19)17(20)21)12-8-7-10-11(16(12)23-3)5-4-6-15(10)22-2/h4-9H,1-3H3,(H,20,21). The first kappa shape index (κ1) is 14.9. The van der Waals surface area contributed by atoms with Crippen molar-refractivity contribution in [3.8, 4) is 22.8 Å². The third kappa shape index (κ3) is 2.38. The lowest BCUT2D eigenvalue weighted by molar-refractivity contribution is 0.0689. The van der Waals surface area contributed by atoms with E-state index in [0.717, 1.165) is 22.1 Å². The van der Waals surface area contributed by atoms with Gasteiger partial charge >= 0.3 is 5.97 Å². The predicted octanol–water partition coefficient (Wildman–Crippen LogP) is 2.96. The summed E-state index contributed by atoms with van der Waals surface area (Å²) in [7, 11) is 4.92. The summed E-state index contributed by atoms with van der Waals surface area (Å²) in [4.78, 5) is 11.1. The largest absolute Gasteiger partial charge is 0.496 e. The zero-order chi connectivity index (χ0) is 16.6. The van der Waals surface area contributed by atoms with Crippen molar-refractivity contribution in [1.29, 1.82) is 0 Å². The van der Waals surface area contributed by atoms with Gasteiger partial charge in [0.25, 0.3) is 0 Å². The Hall–Kier alpha value is -3.02. The van der Waals surface area contributed by atoms with Crippen LogP contribution >= 0.6 is 0 Å². The minimum absolute atomic E-state index is 0.00436. The first-order valence-electron chi connectivity index (χ1n) is 6.98. The lowest BCUT2D eigenvalue weighted by atomic mass is 10.0. The summed E-state index contributed by atoms with van der Waals surface area (Å²) in [6, 6.07) is 11.1. The summed E-state index contributed by atoms with van der Waals surface area (Å²) in [5, 5.41) is 14.9. The molecule has 6 nitrogen and oxygen atoms in total. The van der Waals surface area contributed by atoms with Crippen LogP contribution < -0.4 is 9.47 Å². The van der Waals surface area contributed by atoms with Crippen molar-refractivity contribution in [3.05, 3.63) is 42.1 Å². The number of aromatic nitrogens is 2. The quantitative estimate of drug-likeness (QED) is 0.802. The van der Waals surface area contributed by atoms with Gasteiger partial charge in [0.2, 0.25) is 0 Å². The average molecular weight is 312 g/mol. The Morgan fingerprint density at radius 3 is 2.52 bits per heavy atom. The molecular weight excluding hydrogens is 296 g/mol. The van der Waals surface area contributed by atoms with E-state index in [4.69, 9.17) is 14.6 Å². The van der Waals surface area contributed by atoms with E-state index in [1.165, 1.54) is 10.7 Å². The summed E-state index contributed by atoms with van der Waals surface area (Å²) < 4.78 is 12.5. The third-order valence-corrected chi connectivity index (χ3v) is 3.77. The fourth-order valence-electron chi connectivity index (χ4n) is 2.72. The summed E-state index contributed by atoms with van der Waals surface area (Å²) in [6.07, 6.45) is 0. The maximum Gasteiger partial charge on any atom is 0.356 e. The Labute approximate surface area is 132 Å². The van der Waals surface area contributed by atoms with Crippen molar-refractivity contribution in [2.45, 2.75) is 0 Å². The van der Waals surface area contributed by atoms with Crippen LogP contribution in [0, 0.1) is 0 Å². The number of aryl methyl sites for hydroxylation is 1. The minimum Gasteiger partial charge on any atom is -0.496 e. The van der Waals surface area contributed by atoms with Gasteiger partial charge in [0.05, 0.1) is 19.9 Å². The first-order chi connectivity index (χ1) is 11.1. The molecular formula is C17H16N2O4. The van der Waals surface area contributed by atoms with E-state index >= 15 is 0 Å². The van der Waals surface area contributed by atoms with Gasteiger partial charge in [-0.25, -0.2) is 4.79 Å². The summed E-state index contributed by atoms with van der Waals surface area (Å²) in [5.74, 6) is 0.346. The van der Waals surface area contributed by atoms with E-state index in [0.29, 0.717) is 11.4 Å².